The van der Waals surface area contributed by atoms with Gasteiger partial charge in [-0.25, -0.2) is 0 Å². The van der Waals surface area contributed by atoms with Crippen molar-refractivity contribution in [3.63, 3.8) is 0 Å². The van der Waals surface area contributed by atoms with Gasteiger partial charge in [0, 0.05) is 12.2 Å². The van der Waals surface area contributed by atoms with Crippen molar-refractivity contribution in [2.45, 2.75) is 20.4 Å². The number of aryl methyl sites for hydroxylation is 1. The van der Waals surface area contributed by atoms with E-state index < -0.39 is 0 Å². The summed E-state index contributed by atoms with van der Waals surface area (Å²) < 4.78 is 5.19. The molecule has 100 valence electrons. The Morgan fingerprint density at radius 2 is 2.16 bits per heavy atom. The molecule has 0 aliphatic rings. The molecule has 2 aromatic rings. The third kappa shape index (κ3) is 3.37. The smallest absolute Gasteiger partial charge is 0.253 e. The average molecular weight is 258 g/mol. The molecule has 0 unspecified atom stereocenters. The molecule has 19 heavy (non-hydrogen) atoms. The summed E-state index contributed by atoms with van der Waals surface area (Å²) in [4.78, 5) is 12.2. The summed E-state index contributed by atoms with van der Waals surface area (Å²) in [5.41, 5.74) is 2.64. The first-order valence-electron chi connectivity index (χ1n) is 6.36. The highest BCUT2D eigenvalue weighted by Crippen LogP contribution is 2.17. The lowest BCUT2D eigenvalue weighted by atomic mass is 10.1. The van der Waals surface area contributed by atoms with Crippen LogP contribution < -0.4 is 10.6 Å². The van der Waals surface area contributed by atoms with Crippen LogP contribution in [0, 0.1) is 6.92 Å². The molecule has 0 atom stereocenters. The Labute approximate surface area is 112 Å². The van der Waals surface area contributed by atoms with E-state index in [2.05, 4.69) is 10.6 Å². The van der Waals surface area contributed by atoms with Crippen LogP contribution in [0.25, 0.3) is 0 Å². The molecule has 0 radical (unpaired) electrons. The average Bonchev–Trinajstić information content (AvgIpc) is 2.90. The minimum atomic E-state index is -0.104. The highest BCUT2D eigenvalue weighted by Gasteiger charge is 2.11. The fourth-order valence-corrected chi connectivity index (χ4v) is 1.87. The van der Waals surface area contributed by atoms with Crippen molar-refractivity contribution in [3.8, 4) is 0 Å². The summed E-state index contributed by atoms with van der Waals surface area (Å²) in [6, 6.07) is 9.39. The molecule has 4 nitrogen and oxygen atoms in total. The molecular weight excluding hydrogens is 240 g/mol. The number of rotatable bonds is 5. The topological polar surface area (TPSA) is 54.3 Å². The van der Waals surface area contributed by atoms with E-state index in [1.807, 2.05) is 38.1 Å². The Morgan fingerprint density at radius 1 is 1.32 bits per heavy atom. The zero-order valence-electron chi connectivity index (χ0n) is 11.2. The van der Waals surface area contributed by atoms with Gasteiger partial charge in [-0.2, -0.15) is 0 Å². The molecule has 0 saturated heterocycles. The standard InChI is InChI=1S/C15H18N2O2/c1-3-16-14-9-11(2)6-7-13(14)15(18)17-10-12-5-4-8-19-12/h4-9,16H,3,10H2,1-2H3,(H,17,18). The number of hydrogen-bond donors (Lipinski definition) is 2. The molecule has 0 spiro atoms. The van der Waals surface area contributed by atoms with Gasteiger partial charge in [-0.05, 0) is 43.7 Å². The highest BCUT2D eigenvalue weighted by atomic mass is 16.3. The second-order valence-electron chi connectivity index (χ2n) is 4.34. The van der Waals surface area contributed by atoms with E-state index in [9.17, 15) is 4.79 Å². The van der Waals surface area contributed by atoms with Crippen LogP contribution in [0.3, 0.4) is 0 Å². The first kappa shape index (κ1) is 13.2. The van der Waals surface area contributed by atoms with Crippen LogP contribution in [0.2, 0.25) is 0 Å². The zero-order chi connectivity index (χ0) is 13.7. The normalized spacial score (nSPS) is 10.2. The van der Waals surface area contributed by atoms with Crippen molar-refractivity contribution in [1.29, 1.82) is 0 Å². The van der Waals surface area contributed by atoms with Crippen molar-refractivity contribution in [3.05, 3.63) is 53.5 Å². The Hall–Kier alpha value is -2.23. The minimum absolute atomic E-state index is 0.104. The third-order valence-corrected chi connectivity index (χ3v) is 2.79. The Bertz CT molecular complexity index is 547. The summed E-state index contributed by atoms with van der Waals surface area (Å²) in [7, 11) is 0. The number of benzene rings is 1. The van der Waals surface area contributed by atoms with Crippen LogP contribution in [0.1, 0.15) is 28.6 Å². The van der Waals surface area contributed by atoms with Crippen LogP contribution in [-0.4, -0.2) is 12.5 Å². The van der Waals surface area contributed by atoms with Gasteiger partial charge in [0.1, 0.15) is 5.76 Å². The molecule has 2 rings (SSSR count). The number of carbonyl (C=O) groups excluding carboxylic acids is 1. The van der Waals surface area contributed by atoms with Gasteiger partial charge in [0.2, 0.25) is 0 Å². The number of furan rings is 1. The molecule has 1 aromatic carbocycles. The van der Waals surface area contributed by atoms with Crippen molar-refractivity contribution in [2.24, 2.45) is 0 Å². The van der Waals surface area contributed by atoms with Crippen molar-refractivity contribution >= 4 is 11.6 Å². The van der Waals surface area contributed by atoms with Crippen LogP contribution in [0.4, 0.5) is 5.69 Å². The van der Waals surface area contributed by atoms with Gasteiger partial charge in [-0.3, -0.25) is 4.79 Å². The fraction of sp³-hybridized carbons (Fsp3) is 0.267. The maximum Gasteiger partial charge on any atom is 0.253 e. The van der Waals surface area contributed by atoms with E-state index >= 15 is 0 Å². The second kappa shape index (κ2) is 6.09. The van der Waals surface area contributed by atoms with E-state index in [-0.39, 0.29) is 5.91 Å². The summed E-state index contributed by atoms with van der Waals surface area (Å²) >= 11 is 0. The van der Waals surface area contributed by atoms with Crippen molar-refractivity contribution in [2.75, 3.05) is 11.9 Å². The quantitative estimate of drug-likeness (QED) is 0.867. The molecule has 1 aromatic heterocycles. The molecule has 0 aliphatic carbocycles. The number of carbonyl (C=O) groups is 1. The molecule has 0 fully saturated rings. The number of hydrogen-bond acceptors (Lipinski definition) is 3. The molecule has 1 heterocycles. The maximum atomic E-state index is 12.2. The van der Waals surface area contributed by atoms with Gasteiger partial charge in [-0.15, -0.1) is 0 Å². The van der Waals surface area contributed by atoms with Gasteiger partial charge in [0.25, 0.3) is 5.91 Å². The highest BCUT2D eigenvalue weighted by molar-refractivity contribution is 5.99. The molecule has 0 aliphatic heterocycles. The molecule has 2 N–H and O–H groups in total. The Balaban J connectivity index is 2.09. The van der Waals surface area contributed by atoms with Crippen molar-refractivity contribution < 1.29 is 9.21 Å². The number of anilines is 1. The summed E-state index contributed by atoms with van der Waals surface area (Å²) in [6.07, 6.45) is 1.59. The van der Waals surface area contributed by atoms with Gasteiger partial charge in [0.15, 0.2) is 0 Å². The predicted octanol–water partition coefficient (Wildman–Crippen LogP) is 2.95. The Morgan fingerprint density at radius 3 is 2.84 bits per heavy atom. The summed E-state index contributed by atoms with van der Waals surface area (Å²) in [5, 5.41) is 6.05. The van der Waals surface area contributed by atoms with Gasteiger partial charge < -0.3 is 15.1 Å². The monoisotopic (exact) mass is 258 g/mol. The summed E-state index contributed by atoms with van der Waals surface area (Å²) in [5.74, 6) is 0.637. The van der Waals surface area contributed by atoms with Gasteiger partial charge in [-0.1, -0.05) is 6.07 Å². The van der Waals surface area contributed by atoms with Crippen LogP contribution >= 0.6 is 0 Å². The van der Waals surface area contributed by atoms with Crippen molar-refractivity contribution in [1.82, 2.24) is 5.32 Å². The Kier molecular flexibility index (Phi) is 4.23. The maximum absolute atomic E-state index is 12.2. The lowest BCUT2D eigenvalue weighted by Gasteiger charge is -2.11. The first-order chi connectivity index (χ1) is 9.20. The van der Waals surface area contributed by atoms with E-state index in [0.29, 0.717) is 12.1 Å². The van der Waals surface area contributed by atoms with Crippen LogP contribution in [0.15, 0.2) is 41.0 Å². The van der Waals surface area contributed by atoms with E-state index in [0.717, 1.165) is 23.6 Å². The summed E-state index contributed by atoms with van der Waals surface area (Å²) in [6.45, 7) is 5.19. The number of amides is 1. The molecular formula is C15H18N2O2. The lowest BCUT2D eigenvalue weighted by molar-refractivity contribution is 0.0949. The third-order valence-electron chi connectivity index (χ3n) is 2.79. The lowest BCUT2D eigenvalue weighted by Crippen LogP contribution is -2.23. The van der Waals surface area contributed by atoms with Crippen LogP contribution in [0.5, 0.6) is 0 Å². The largest absolute Gasteiger partial charge is 0.467 e. The zero-order valence-corrected chi connectivity index (χ0v) is 11.2. The number of nitrogens with one attached hydrogen (secondary N) is 2. The molecule has 4 heteroatoms. The fourth-order valence-electron chi connectivity index (χ4n) is 1.87. The van der Waals surface area contributed by atoms with Crippen LogP contribution in [-0.2, 0) is 6.54 Å². The SMILES string of the molecule is CCNc1cc(C)ccc1C(=O)NCc1ccco1. The van der Waals surface area contributed by atoms with E-state index in [1.165, 1.54) is 0 Å². The van der Waals surface area contributed by atoms with Gasteiger partial charge >= 0.3 is 0 Å². The molecule has 0 bridgehead atoms. The van der Waals surface area contributed by atoms with E-state index in [1.54, 1.807) is 12.3 Å². The predicted molar refractivity (Wildman–Crippen MR) is 75.2 cm³/mol. The first-order valence-corrected chi connectivity index (χ1v) is 6.36. The van der Waals surface area contributed by atoms with E-state index in [4.69, 9.17) is 4.42 Å². The molecule has 0 saturated carbocycles. The van der Waals surface area contributed by atoms with Gasteiger partial charge in [0.05, 0.1) is 18.4 Å². The minimum Gasteiger partial charge on any atom is -0.467 e. The second-order valence-corrected chi connectivity index (χ2v) is 4.34. The molecule has 1 amide bonds.